The number of hydrogen-bond donors (Lipinski definition) is 2. The second-order valence-corrected chi connectivity index (χ2v) is 9.44. The summed E-state index contributed by atoms with van der Waals surface area (Å²) in [5.74, 6) is 0.669. The highest BCUT2D eigenvalue weighted by Crippen LogP contribution is 2.36. The Morgan fingerprint density at radius 1 is 1.46 bits per heavy atom. The van der Waals surface area contributed by atoms with Crippen molar-refractivity contribution >= 4 is 55.7 Å². The van der Waals surface area contributed by atoms with Crippen LogP contribution >= 0.6 is 34.4 Å². The number of carbonyl (C=O) groups excluding carboxylic acids is 1. The summed E-state index contributed by atoms with van der Waals surface area (Å²) in [6.07, 6.45) is 3.09. The summed E-state index contributed by atoms with van der Waals surface area (Å²) < 4.78 is 0. The molecule has 0 bridgehead atoms. The quantitative estimate of drug-likeness (QED) is 0.510. The molecule has 0 unspecified atom stereocenters. The van der Waals surface area contributed by atoms with Crippen molar-refractivity contribution in [3.63, 3.8) is 0 Å². The van der Waals surface area contributed by atoms with Crippen LogP contribution in [0.3, 0.4) is 0 Å². The lowest BCUT2D eigenvalue weighted by Crippen LogP contribution is -2.16. The first-order chi connectivity index (χ1) is 12.5. The highest BCUT2D eigenvalue weighted by molar-refractivity contribution is 7.99. The Kier molecular flexibility index (Phi) is 4.85. The van der Waals surface area contributed by atoms with Crippen molar-refractivity contribution < 1.29 is 4.79 Å². The van der Waals surface area contributed by atoms with Crippen molar-refractivity contribution in [3.05, 3.63) is 31.9 Å². The Balaban J connectivity index is 1.50. The summed E-state index contributed by atoms with van der Waals surface area (Å²) in [6, 6.07) is 0. The van der Waals surface area contributed by atoms with Crippen LogP contribution in [-0.4, -0.2) is 26.6 Å². The molecule has 0 fully saturated rings. The lowest BCUT2D eigenvalue weighted by molar-refractivity contribution is -0.113. The molecule has 1 amide bonds. The summed E-state index contributed by atoms with van der Waals surface area (Å²) >= 11 is 4.25. The third-order valence-electron chi connectivity index (χ3n) is 4.35. The number of aryl methyl sites for hydroxylation is 2. The maximum atomic E-state index is 12.5. The number of hydrogen-bond acceptors (Lipinski definition) is 7. The smallest absolute Gasteiger partial charge is 0.260 e. The van der Waals surface area contributed by atoms with Crippen molar-refractivity contribution in [2.75, 3.05) is 11.1 Å². The molecular weight excluding hydrogens is 388 g/mol. The number of fused-ring (bicyclic) bond motifs is 3. The number of thiazole rings is 1. The van der Waals surface area contributed by atoms with E-state index in [0.29, 0.717) is 16.2 Å². The van der Waals surface area contributed by atoms with Gasteiger partial charge in [-0.3, -0.25) is 9.59 Å². The topological polar surface area (TPSA) is 87.7 Å². The Labute approximate surface area is 162 Å². The number of nitrogens with zero attached hydrogens (tertiary/aromatic N) is 2. The molecule has 3 aromatic heterocycles. The van der Waals surface area contributed by atoms with Crippen LogP contribution in [0, 0.1) is 12.8 Å². The minimum absolute atomic E-state index is 0.0968. The molecule has 4 rings (SSSR count). The Bertz CT molecular complexity index is 1040. The van der Waals surface area contributed by atoms with Crippen LogP contribution in [-0.2, 0) is 17.6 Å². The van der Waals surface area contributed by atoms with Gasteiger partial charge in [0.05, 0.1) is 16.8 Å². The molecule has 0 aromatic carbocycles. The fourth-order valence-electron chi connectivity index (χ4n) is 3.10. The van der Waals surface area contributed by atoms with Gasteiger partial charge < -0.3 is 10.3 Å². The van der Waals surface area contributed by atoms with Crippen molar-refractivity contribution in [1.82, 2.24) is 15.0 Å². The van der Waals surface area contributed by atoms with Gasteiger partial charge in [-0.25, -0.2) is 9.97 Å². The fourth-order valence-corrected chi connectivity index (χ4v) is 5.90. The number of nitrogens with one attached hydrogen (secondary N) is 2. The van der Waals surface area contributed by atoms with Gasteiger partial charge >= 0.3 is 0 Å². The van der Waals surface area contributed by atoms with Gasteiger partial charge in [0.15, 0.2) is 10.3 Å². The second kappa shape index (κ2) is 7.13. The predicted molar refractivity (Wildman–Crippen MR) is 108 cm³/mol. The molecule has 1 atom stereocenters. The van der Waals surface area contributed by atoms with Crippen LogP contribution in [0.15, 0.2) is 15.3 Å². The van der Waals surface area contributed by atoms with Crippen LogP contribution in [0.2, 0.25) is 0 Å². The number of rotatable bonds is 4. The maximum Gasteiger partial charge on any atom is 0.260 e. The number of thioether (sulfide) groups is 1. The average Bonchev–Trinajstić information content (AvgIpc) is 3.15. The zero-order chi connectivity index (χ0) is 18.3. The monoisotopic (exact) mass is 406 g/mol. The Morgan fingerprint density at radius 3 is 3.08 bits per heavy atom. The third-order valence-corrected chi connectivity index (χ3v) is 7.25. The van der Waals surface area contributed by atoms with E-state index >= 15 is 0 Å². The molecule has 9 heteroatoms. The largest absolute Gasteiger partial charge is 0.301 e. The summed E-state index contributed by atoms with van der Waals surface area (Å²) in [4.78, 5) is 38.3. The van der Waals surface area contributed by atoms with E-state index in [1.54, 1.807) is 11.3 Å². The molecule has 136 valence electrons. The molecule has 0 spiro atoms. The minimum Gasteiger partial charge on any atom is -0.301 e. The van der Waals surface area contributed by atoms with E-state index < -0.39 is 0 Å². The second-order valence-electron chi connectivity index (χ2n) is 6.53. The van der Waals surface area contributed by atoms with E-state index in [0.717, 1.165) is 35.2 Å². The summed E-state index contributed by atoms with van der Waals surface area (Å²) in [6.45, 7) is 4.13. The van der Waals surface area contributed by atoms with Crippen LogP contribution in [0.5, 0.6) is 0 Å². The number of thiophene rings is 1. The molecule has 26 heavy (non-hydrogen) atoms. The van der Waals surface area contributed by atoms with E-state index in [9.17, 15) is 9.59 Å². The van der Waals surface area contributed by atoms with E-state index in [1.165, 1.54) is 33.5 Å². The highest BCUT2D eigenvalue weighted by atomic mass is 32.2. The molecule has 0 aliphatic heterocycles. The van der Waals surface area contributed by atoms with E-state index in [2.05, 4.69) is 27.2 Å². The minimum atomic E-state index is -0.161. The summed E-state index contributed by atoms with van der Waals surface area (Å²) in [5, 5.41) is 6.46. The fraction of sp³-hybridized carbons (Fsp3) is 0.412. The first kappa shape index (κ1) is 17.7. The molecule has 1 aliphatic rings. The van der Waals surface area contributed by atoms with Crippen molar-refractivity contribution in [2.24, 2.45) is 5.92 Å². The maximum absolute atomic E-state index is 12.5. The zero-order valence-corrected chi connectivity index (χ0v) is 16.9. The zero-order valence-electron chi connectivity index (χ0n) is 14.4. The van der Waals surface area contributed by atoms with Gasteiger partial charge in [0.25, 0.3) is 5.56 Å². The summed E-state index contributed by atoms with van der Waals surface area (Å²) in [7, 11) is 0. The first-order valence-corrected chi connectivity index (χ1v) is 11.1. The molecule has 3 aromatic rings. The normalized spacial score (nSPS) is 16.6. The first-order valence-electron chi connectivity index (χ1n) is 8.39. The van der Waals surface area contributed by atoms with E-state index in [-0.39, 0.29) is 17.2 Å². The number of carbonyl (C=O) groups is 1. The van der Waals surface area contributed by atoms with Crippen LogP contribution in [0.4, 0.5) is 5.13 Å². The van der Waals surface area contributed by atoms with Crippen LogP contribution in [0.1, 0.15) is 29.5 Å². The van der Waals surface area contributed by atoms with Gasteiger partial charge in [-0.15, -0.1) is 22.7 Å². The molecule has 0 saturated heterocycles. The molecule has 3 heterocycles. The lowest BCUT2D eigenvalue weighted by Gasteiger charge is -2.17. The van der Waals surface area contributed by atoms with Gasteiger partial charge in [0, 0.05) is 10.3 Å². The molecule has 6 nitrogen and oxygen atoms in total. The SMILES string of the molecule is Cc1csc(NC(=O)CSc2nc3sc4c(c3c(=O)[nH]2)CC[C@H](C)C4)n1. The molecule has 2 N–H and O–H groups in total. The third kappa shape index (κ3) is 3.56. The summed E-state index contributed by atoms with van der Waals surface area (Å²) in [5.41, 5.74) is 1.95. The number of aromatic amines is 1. The Morgan fingerprint density at radius 2 is 2.31 bits per heavy atom. The van der Waals surface area contributed by atoms with Crippen molar-refractivity contribution in [2.45, 2.75) is 38.3 Å². The molecule has 0 saturated carbocycles. The number of aromatic nitrogens is 3. The predicted octanol–water partition coefficient (Wildman–Crippen LogP) is 3.61. The molecule has 1 aliphatic carbocycles. The standard InChI is InChI=1S/C17H18N4O2S3/c1-8-3-4-10-11(5-8)26-15-13(10)14(23)20-17(21-15)25-7-12(22)19-16-18-9(2)6-24-16/h6,8H,3-5,7H2,1-2H3,(H,18,19,22)(H,20,21,23)/t8-/m0/s1. The van der Waals surface area contributed by atoms with E-state index in [4.69, 9.17) is 0 Å². The number of H-pyrrole nitrogens is 1. The number of amides is 1. The number of anilines is 1. The average molecular weight is 407 g/mol. The van der Waals surface area contributed by atoms with Gasteiger partial charge in [-0.2, -0.15) is 0 Å². The van der Waals surface area contributed by atoms with Gasteiger partial charge in [-0.1, -0.05) is 18.7 Å². The highest BCUT2D eigenvalue weighted by Gasteiger charge is 2.23. The lowest BCUT2D eigenvalue weighted by atomic mass is 9.89. The Hall–Kier alpha value is -1.71. The van der Waals surface area contributed by atoms with Gasteiger partial charge in [0.2, 0.25) is 5.91 Å². The van der Waals surface area contributed by atoms with E-state index in [1.807, 2.05) is 12.3 Å². The molecule has 0 radical (unpaired) electrons. The van der Waals surface area contributed by atoms with Crippen molar-refractivity contribution in [1.29, 1.82) is 0 Å². The van der Waals surface area contributed by atoms with Crippen LogP contribution in [0.25, 0.3) is 10.2 Å². The molecular formula is C17H18N4O2S3. The van der Waals surface area contributed by atoms with Crippen molar-refractivity contribution in [3.8, 4) is 0 Å². The van der Waals surface area contributed by atoms with Crippen LogP contribution < -0.4 is 10.9 Å². The van der Waals surface area contributed by atoms with Gasteiger partial charge in [0.1, 0.15) is 4.83 Å². The van der Waals surface area contributed by atoms with Gasteiger partial charge in [-0.05, 0) is 37.7 Å².